The average Bonchev–Trinajstić information content (AvgIpc) is 3.04. The zero-order valence-electron chi connectivity index (χ0n) is 11.1. The Balaban J connectivity index is 2.11. The Labute approximate surface area is 103 Å². The highest BCUT2D eigenvalue weighted by molar-refractivity contribution is 5.87. The molecule has 0 N–H and O–H groups in total. The van der Waals surface area contributed by atoms with E-state index >= 15 is 0 Å². The minimum absolute atomic E-state index is 0.0855. The zero-order valence-corrected chi connectivity index (χ0v) is 11.1. The third-order valence-corrected chi connectivity index (χ3v) is 3.63. The van der Waals surface area contributed by atoms with Gasteiger partial charge in [0.1, 0.15) is 6.10 Å². The molecule has 0 radical (unpaired) electrons. The molecule has 2 aliphatic heterocycles. The summed E-state index contributed by atoms with van der Waals surface area (Å²) in [5, 5.41) is 0. The SMILES string of the molecule is CCC1OC(C(C)C)C(/C=C\C(C)=O)C2OC12. The van der Waals surface area contributed by atoms with Gasteiger partial charge in [0.25, 0.3) is 0 Å². The van der Waals surface area contributed by atoms with Gasteiger partial charge in [-0.15, -0.1) is 0 Å². The largest absolute Gasteiger partial charge is 0.371 e. The second-order valence-corrected chi connectivity index (χ2v) is 5.40. The molecular formula is C14H22O3. The molecule has 2 fully saturated rings. The quantitative estimate of drug-likeness (QED) is 0.557. The lowest BCUT2D eigenvalue weighted by Crippen LogP contribution is -2.43. The highest BCUT2D eigenvalue weighted by atomic mass is 16.6. The molecule has 5 unspecified atom stereocenters. The van der Waals surface area contributed by atoms with Crippen LogP contribution in [-0.2, 0) is 14.3 Å². The molecule has 5 atom stereocenters. The van der Waals surface area contributed by atoms with Crippen LogP contribution in [0, 0.1) is 11.8 Å². The van der Waals surface area contributed by atoms with Crippen LogP contribution in [0.1, 0.15) is 34.1 Å². The van der Waals surface area contributed by atoms with Crippen LogP contribution in [0.4, 0.5) is 0 Å². The number of carbonyl (C=O) groups excluding carboxylic acids is 1. The number of ether oxygens (including phenoxy) is 2. The molecule has 96 valence electrons. The maximum Gasteiger partial charge on any atom is 0.152 e. The number of carbonyl (C=O) groups is 1. The van der Waals surface area contributed by atoms with Crippen LogP contribution in [0.3, 0.4) is 0 Å². The monoisotopic (exact) mass is 238 g/mol. The van der Waals surface area contributed by atoms with Gasteiger partial charge in [0, 0.05) is 5.92 Å². The molecule has 2 saturated heterocycles. The van der Waals surface area contributed by atoms with Crippen LogP contribution in [0.15, 0.2) is 12.2 Å². The van der Waals surface area contributed by atoms with Crippen molar-refractivity contribution in [3.8, 4) is 0 Å². The molecule has 2 rings (SSSR count). The number of rotatable bonds is 4. The zero-order chi connectivity index (χ0) is 12.6. The molecule has 2 aliphatic rings. The van der Waals surface area contributed by atoms with Gasteiger partial charge in [-0.1, -0.05) is 26.8 Å². The molecule has 0 aromatic rings. The van der Waals surface area contributed by atoms with Crippen LogP contribution in [0.25, 0.3) is 0 Å². The fraction of sp³-hybridized carbons (Fsp3) is 0.786. The molecule has 0 amide bonds. The summed E-state index contributed by atoms with van der Waals surface area (Å²) in [5.41, 5.74) is 0. The Bertz CT molecular complexity index is 321. The van der Waals surface area contributed by atoms with Crippen molar-refractivity contribution in [3.05, 3.63) is 12.2 Å². The van der Waals surface area contributed by atoms with Gasteiger partial charge in [0.15, 0.2) is 5.78 Å². The number of hydrogen-bond acceptors (Lipinski definition) is 3. The Morgan fingerprint density at radius 1 is 1.29 bits per heavy atom. The standard InChI is InChI=1S/C14H22O3/c1-5-11-14-13(17-14)10(7-6-9(4)15)12(16-11)8(2)3/h6-8,10-14H,5H2,1-4H3/b7-6-. The third kappa shape index (κ3) is 2.61. The Morgan fingerprint density at radius 3 is 2.53 bits per heavy atom. The van der Waals surface area contributed by atoms with E-state index in [9.17, 15) is 4.79 Å². The Morgan fingerprint density at radius 2 is 2.00 bits per heavy atom. The number of fused-ring (bicyclic) bond motifs is 1. The van der Waals surface area contributed by atoms with Crippen molar-refractivity contribution in [2.75, 3.05) is 0 Å². The van der Waals surface area contributed by atoms with E-state index in [-0.39, 0.29) is 36.1 Å². The van der Waals surface area contributed by atoms with E-state index < -0.39 is 0 Å². The summed E-state index contributed by atoms with van der Waals surface area (Å²) in [6, 6.07) is 0. The van der Waals surface area contributed by atoms with Gasteiger partial charge in [-0.25, -0.2) is 0 Å². The van der Waals surface area contributed by atoms with Crippen LogP contribution >= 0.6 is 0 Å². The first kappa shape index (κ1) is 12.8. The summed E-state index contributed by atoms with van der Waals surface area (Å²) in [4.78, 5) is 11.0. The minimum Gasteiger partial charge on any atom is -0.371 e. The molecule has 2 heterocycles. The van der Waals surface area contributed by atoms with E-state index in [0.29, 0.717) is 5.92 Å². The second-order valence-electron chi connectivity index (χ2n) is 5.40. The number of epoxide rings is 1. The van der Waals surface area contributed by atoms with Crippen molar-refractivity contribution in [2.24, 2.45) is 11.8 Å². The number of allylic oxidation sites excluding steroid dienone is 1. The first-order valence-corrected chi connectivity index (χ1v) is 6.54. The van der Waals surface area contributed by atoms with Crippen LogP contribution in [-0.4, -0.2) is 30.2 Å². The van der Waals surface area contributed by atoms with Crippen molar-refractivity contribution in [1.82, 2.24) is 0 Å². The predicted octanol–water partition coefficient (Wildman–Crippen LogP) is 2.35. The van der Waals surface area contributed by atoms with Gasteiger partial charge in [-0.3, -0.25) is 4.79 Å². The van der Waals surface area contributed by atoms with Gasteiger partial charge in [-0.05, 0) is 25.3 Å². The maximum absolute atomic E-state index is 11.0. The minimum atomic E-state index is 0.0855. The molecule has 3 heteroatoms. The second kappa shape index (κ2) is 4.91. The summed E-state index contributed by atoms with van der Waals surface area (Å²) < 4.78 is 11.8. The molecule has 0 bridgehead atoms. The number of ketones is 1. The van der Waals surface area contributed by atoms with E-state index in [1.807, 2.05) is 6.08 Å². The normalized spacial score (nSPS) is 40.6. The van der Waals surface area contributed by atoms with Crippen LogP contribution < -0.4 is 0 Å². The van der Waals surface area contributed by atoms with E-state index in [1.165, 1.54) is 0 Å². The van der Waals surface area contributed by atoms with E-state index in [1.54, 1.807) is 13.0 Å². The van der Waals surface area contributed by atoms with Crippen molar-refractivity contribution < 1.29 is 14.3 Å². The lowest BCUT2D eigenvalue weighted by atomic mass is 9.84. The van der Waals surface area contributed by atoms with E-state index in [4.69, 9.17) is 9.47 Å². The number of hydrogen-bond donors (Lipinski definition) is 0. The van der Waals surface area contributed by atoms with E-state index in [2.05, 4.69) is 20.8 Å². The third-order valence-electron chi connectivity index (χ3n) is 3.63. The van der Waals surface area contributed by atoms with Crippen molar-refractivity contribution >= 4 is 5.78 Å². The Hall–Kier alpha value is -0.670. The van der Waals surface area contributed by atoms with Gasteiger partial charge >= 0.3 is 0 Å². The highest BCUT2D eigenvalue weighted by Gasteiger charge is 2.56. The van der Waals surface area contributed by atoms with Crippen molar-refractivity contribution in [3.63, 3.8) is 0 Å². The summed E-state index contributed by atoms with van der Waals surface area (Å²) in [5.74, 6) is 0.754. The molecule has 3 nitrogen and oxygen atoms in total. The summed E-state index contributed by atoms with van der Waals surface area (Å²) >= 11 is 0. The van der Waals surface area contributed by atoms with Gasteiger partial charge in [0.2, 0.25) is 0 Å². The topological polar surface area (TPSA) is 38.8 Å². The lowest BCUT2D eigenvalue weighted by molar-refractivity contribution is -0.112. The summed E-state index contributed by atoms with van der Waals surface area (Å²) in [6.07, 6.45) is 5.52. The van der Waals surface area contributed by atoms with Crippen LogP contribution in [0.2, 0.25) is 0 Å². The molecule has 0 spiro atoms. The molecule has 0 aromatic heterocycles. The van der Waals surface area contributed by atoms with Crippen molar-refractivity contribution in [2.45, 2.75) is 58.5 Å². The summed E-state index contributed by atoms with van der Waals surface area (Å²) in [6.45, 7) is 8.03. The van der Waals surface area contributed by atoms with Crippen LogP contribution in [0.5, 0.6) is 0 Å². The maximum atomic E-state index is 11.0. The lowest BCUT2D eigenvalue weighted by Gasteiger charge is -2.34. The molecule has 0 aromatic carbocycles. The summed E-state index contributed by atoms with van der Waals surface area (Å²) in [7, 11) is 0. The predicted molar refractivity (Wildman–Crippen MR) is 65.8 cm³/mol. The Kier molecular flexibility index (Phi) is 3.69. The van der Waals surface area contributed by atoms with Gasteiger partial charge in [-0.2, -0.15) is 0 Å². The van der Waals surface area contributed by atoms with Gasteiger partial charge in [0.05, 0.1) is 18.3 Å². The molecule has 0 aliphatic carbocycles. The smallest absolute Gasteiger partial charge is 0.152 e. The fourth-order valence-electron chi connectivity index (χ4n) is 2.70. The average molecular weight is 238 g/mol. The van der Waals surface area contributed by atoms with Crippen molar-refractivity contribution in [1.29, 1.82) is 0 Å². The first-order valence-electron chi connectivity index (χ1n) is 6.54. The molecular weight excluding hydrogens is 216 g/mol. The molecule has 17 heavy (non-hydrogen) atoms. The fourth-order valence-corrected chi connectivity index (χ4v) is 2.70. The van der Waals surface area contributed by atoms with Gasteiger partial charge < -0.3 is 9.47 Å². The highest BCUT2D eigenvalue weighted by Crippen LogP contribution is 2.44. The molecule has 0 saturated carbocycles. The first-order chi connectivity index (χ1) is 8.04. The van der Waals surface area contributed by atoms with E-state index in [0.717, 1.165) is 6.42 Å².